The van der Waals surface area contributed by atoms with Crippen LogP contribution >= 0.6 is 11.8 Å². The van der Waals surface area contributed by atoms with E-state index >= 15 is 0 Å². The van der Waals surface area contributed by atoms with Crippen molar-refractivity contribution in [1.82, 2.24) is 4.90 Å². The van der Waals surface area contributed by atoms with Crippen LogP contribution in [0.1, 0.15) is 11.1 Å². The number of hydrogen-bond acceptors (Lipinski definition) is 5. The van der Waals surface area contributed by atoms with Crippen LogP contribution in [0, 0.1) is 6.92 Å². The molecule has 0 atom stereocenters. The lowest BCUT2D eigenvalue weighted by molar-refractivity contribution is -0.123. The normalized spacial score (nSPS) is 16.9. The molecule has 21 heavy (non-hydrogen) atoms. The number of amides is 2. The minimum atomic E-state index is -0.276. The van der Waals surface area contributed by atoms with Gasteiger partial charge in [-0.15, -0.1) is 0 Å². The van der Waals surface area contributed by atoms with Crippen molar-refractivity contribution < 1.29 is 19.1 Å². The maximum absolute atomic E-state index is 12.2. The first-order chi connectivity index (χ1) is 10.1. The fourth-order valence-electron chi connectivity index (χ4n) is 1.95. The third-order valence-electron chi connectivity index (χ3n) is 3.12. The lowest BCUT2D eigenvalue weighted by Gasteiger charge is -2.10. The highest BCUT2D eigenvalue weighted by Crippen LogP contribution is 2.32. The molecule has 0 aromatic heterocycles. The van der Waals surface area contributed by atoms with Crippen molar-refractivity contribution in [3.05, 3.63) is 34.2 Å². The summed E-state index contributed by atoms with van der Waals surface area (Å²) in [5.74, 6) is 0.476. The number of benzene rings is 1. The van der Waals surface area contributed by atoms with Crippen molar-refractivity contribution in [2.45, 2.75) is 6.92 Å². The number of ether oxygens (including phenoxy) is 2. The second kappa shape index (κ2) is 6.78. The Labute approximate surface area is 127 Å². The number of carbonyl (C=O) groups excluding carboxylic acids is 2. The van der Waals surface area contributed by atoms with E-state index in [1.54, 1.807) is 13.2 Å². The fraction of sp³-hybridized carbons (Fsp3) is 0.333. The highest BCUT2D eigenvalue weighted by molar-refractivity contribution is 8.18. The van der Waals surface area contributed by atoms with Crippen LogP contribution in [0.25, 0.3) is 6.08 Å². The summed E-state index contributed by atoms with van der Waals surface area (Å²) in [6.45, 7) is 2.56. The summed E-state index contributed by atoms with van der Waals surface area (Å²) in [6, 6.07) is 5.65. The smallest absolute Gasteiger partial charge is 0.293 e. The van der Waals surface area contributed by atoms with Crippen LogP contribution in [0.15, 0.2) is 23.1 Å². The lowest BCUT2D eigenvalue weighted by atomic mass is 10.1. The summed E-state index contributed by atoms with van der Waals surface area (Å²) in [5.41, 5.74) is 1.84. The molecule has 0 spiro atoms. The largest absolute Gasteiger partial charge is 0.496 e. The maximum Gasteiger partial charge on any atom is 0.293 e. The zero-order valence-corrected chi connectivity index (χ0v) is 13.0. The Morgan fingerprint density at radius 2 is 2.05 bits per heavy atom. The topological polar surface area (TPSA) is 55.8 Å². The molecule has 0 aliphatic carbocycles. The van der Waals surface area contributed by atoms with Gasteiger partial charge in [-0.05, 0) is 42.0 Å². The molecule has 0 unspecified atom stereocenters. The second-order valence-electron chi connectivity index (χ2n) is 4.56. The number of aryl methyl sites for hydroxylation is 1. The van der Waals surface area contributed by atoms with Gasteiger partial charge in [-0.25, -0.2) is 0 Å². The number of imide groups is 1. The third-order valence-corrected chi connectivity index (χ3v) is 4.03. The highest BCUT2D eigenvalue weighted by Gasteiger charge is 2.34. The molecule has 112 valence electrons. The Bertz CT molecular complexity index is 597. The van der Waals surface area contributed by atoms with Crippen molar-refractivity contribution >= 4 is 29.0 Å². The summed E-state index contributed by atoms with van der Waals surface area (Å²) in [6.07, 6.45) is 1.71. The molecule has 1 aromatic rings. The standard InChI is InChI=1S/C15H17NO4S/c1-10-4-5-11(8-12(10)20-3)9-13-14(17)16(6-7-19-2)15(18)21-13/h4-5,8-9H,6-7H2,1-3H3/b13-9+. The van der Waals surface area contributed by atoms with Gasteiger partial charge in [0.2, 0.25) is 0 Å². The van der Waals surface area contributed by atoms with E-state index in [1.165, 1.54) is 12.0 Å². The predicted octanol–water partition coefficient (Wildman–Crippen LogP) is 2.69. The molecule has 0 saturated carbocycles. The monoisotopic (exact) mass is 307 g/mol. The van der Waals surface area contributed by atoms with Gasteiger partial charge in [0, 0.05) is 7.11 Å². The van der Waals surface area contributed by atoms with Crippen molar-refractivity contribution in [3.63, 3.8) is 0 Å². The van der Waals surface area contributed by atoms with Crippen LogP contribution in [0.4, 0.5) is 4.79 Å². The van der Waals surface area contributed by atoms with Gasteiger partial charge in [-0.2, -0.15) is 0 Å². The molecule has 2 amide bonds. The molecule has 1 saturated heterocycles. The van der Waals surface area contributed by atoms with Crippen molar-refractivity contribution in [2.75, 3.05) is 27.4 Å². The minimum Gasteiger partial charge on any atom is -0.496 e. The van der Waals surface area contributed by atoms with E-state index in [9.17, 15) is 9.59 Å². The van der Waals surface area contributed by atoms with Gasteiger partial charge in [0.15, 0.2) is 0 Å². The summed E-state index contributed by atoms with van der Waals surface area (Å²) in [4.78, 5) is 25.6. The van der Waals surface area contributed by atoms with Crippen LogP contribution in [-0.4, -0.2) is 43.4 Å². The first-order valence-electron chi connectivity index (χ1n) is 6.45. The van der Waals surface area contributed by atoms with Gasteiger partial charge in [0.1, 0.15) is 5.75 Å². The van der Waals surface area contributed by atoms with Crippen molar-refractivity contribution in [1.29, 1.82) is 0 Å². The van der Waals surface area contributed by atoms with Crippen molar-refractivity contribution in [3.8, 4) is 5.75 Å². The summed E-state index contributed by atoms with van der Waals surface area (Å²) >= 11 is 0.947. The molecule has 1 heterocycles. The van der Waals surface area contributed by atoms with Gasteiger partial charge in [0.05, 0.1) is 25.2 Å². The van der Waals surface area contributed by atoms with Gasteiger partial charge < -0.3 is 9.47 Å². The highest BCUT2D eigenvalue weighted by atomic mass is 32.2. The van der Waals surface area contributed by atoms with E-state index in [4.69, 9.17) is 9.47 Å². The average molecular weight is 307 g/mol. The first kappa shape index (κ1) is 15.6. The number of rotatable bonds is 5. The SMILES string of the molecule is COCCN1C(=O)S/C(=C/c2ccc(C)c(OC)c2)C1=O. The number of carbonyl (C=O) groups is 2. The zero-order chi connectivity index (χ0) is 15.4. The fourth-order valence-corrected chi connectivity index (χ4v) is 2.82. The van der Waals surface area contributed by atoms with Crippen LogP contribution < -0.4 is 4.74 Å². The van der Waals surface area contributed by atoms with E-state index < -0.39 is 0 Å². The zero-order valence-electron chi connectivity index (χ0n) is 12.2. The van der Waals surface area contributed by atoms with Gasteiger partial charge in [0.25, 0.3) is 11.1 Å². The molecule has 1 fully saturated rings. The minimum absolute atomic E-state index is 0.262. The van der Waals surface area contributed by atoms with Crippen LogP contribution in [0.2, 0.25) is 0 Å². The van der Waals surface area contributed by atoms with E-state index in [1.807, 2.05) is 25.1 Å². The molecule has 2 rings (SSSR count). The number of hydrogen-bond donors (Lipinski definition) is 0. The van der Waals surface area contributed by atoms with Crippen LogP contribution in [0.3, 0.4) is 0 Å². The molecular weight excluding hydrogens is 290 g/mol. The van der Waals surface area contributed by atoms with Crippen LogP contribution in [0.5, 0.6) is 5.75 Å². The quantitative estimate of drug-likeness (QED) is 0.783. The lowest BCUT2D eigenvalue weighted by Crippen LogP contribution is -2.31. The van der Waals surface area contributed by atoms with Gasteiger partial charge in [-0.3, -0.25) is 14.5 Å². The molecule has 1 aliphatic heterocycles. The molecule has 0 bridgehead atoms. The van der Waals surface area contributed by atoms with Crippen molar-refractivity contribution in [2.24, 2.45) is 0 Å². The first-order valence-corrected chi connectivity index (χ1v) is 7.27. The van der Waals surface area contributed by atoms with E-state index in [0.717, 1.165) is 28.6 Å². The summed E-state index contributed by atoms with van der Waals surface area (Å²) in [7, 11) is 3.14. The average Bonchev–Trinajstić information content (AvgIpc) is 2.73. The van der Waals surface area contributed by atoms with Gasteiger partial charge in [-0.1, -0.05) is 12.1 Å². The van der Waals surface area contributed by atoms with E-state index in [0.29, 0.717) is 11.5 Å². The Morgan fingerprint density at radius 3 is 2.71 bits per heavy atom. The Hall–Kier alpha value is -1.79. The molecule has 1 aromatic carbocycles. The third kappa shape index (κ3) is 3.46. The van der Waals surface area contributed by atoms with E-state index in [-0.39, 0.29) is 17.7 Å². The number of methoxy groups -OCH3 is 2. The second-order valence-corrected chi connectivity index (χ2v) is 5.55. The Balaban J connectivity index is 2.22. The van der Waals surface area contributed by atoms with E-state index in [2.05, 4.69) is 0 Å². The molecule has 6 heteroatoms. The molecule has 0 radical (unpaired) electrons. The summed E-state index contributed by atoms with van der Waals surface area (Å²) < 4.78 is 10.2. The Morgan fingerprint density at radius 1 is 1.29 bits per heavy atom. The molecular formula is C15H17NO4S. The molecule has 0 N–H and O–H groups in total. The van der Waals surface area contributed by atoms with Crippen LogP contribution in [-0.2, 0) is 9.53 Å². The summed E-state index contributed by atoms with van der Waals surface area (Å²) in [5, 5.41) is -0.262. The predicted molar refractivity (Wildman–Crippen MR) is 82.3 cm³/mol. The Kier molecular flexibility index (Phi) is 5.03. The number of nitrogens with zero attached hydrogens (tertiary/aromatic N) is 1. The maximum atomic E-state index is 12.2. The van der Waals surface area contributed by atoms with Gasteiger partial charge >= 0.3 is 0 Å². The molecule has 1 aliphatic rings. The number of thioether (sulfide) groups is 1. The molecule has 5 nitrogen and oxygen atoms in total.